The van der Waals surface area contributed by atoms with Crippen LogP contribution in [0.25, 0.3) is 0 Å². The topological polar surface area (TPSA) is 66.5 Å². The third kappa shape index (κ3) is 3.15. The Hall–Kier alpha value is -2.16. The Bertz CT molecular complexity index is 1070. The van der Waals surface area contributed by atoms with Crippen LogP contribution in [0, 0.1) is 6.92 Å². The molecule has 0 unspecified atom stereocenters. The largest absolute Gasteiger partial charge is 0.307 e. The number of hydrogen-bond donors (Lipinski definition) is 1. The lowest BCUT2D eigenvalue weighted by Gasteiger charge is -2.17. The Morgan fingerprint density at radius 1 is 1.19 bits per heavy atom. The fourth-order valence-electron chi connectivity index (χ4n) is 2.95. The molecule has 134 valence electrons. The van der Waals surface area contributed by atoms with E-state index < -0.39 is 10.0 Å². The summed E-state index contributed by atoms with van der Waals surface area (Å²) in [6, 6.07) is 12.4. The van der Waals surface area contributed by atoms with Gasteiger partial charge in [0.15, 0.2) is 0 Å². The molecule has 1 N–H and O–H groups in total. The summed E-state index contributed by atoms with van der Waals surface area (Å²) in [4.78, 5) is 16.0. The normalized spacial score (nSPS) is 13.7. The molecular formula is C18H16N2O3S3. The van der Waals surface area contributed by atoms with E-state index in [2.05, 4.69) is 4.72 Å². The first-order chi connectivity index (χ1) is 12.4. The predicted molar refractivity (Wildman–Crippen MR) is 106 cm³/mol. The van der Waals surface area contributed by atoms with E-state index in [9.17, 15) is 13.2 Å². The first-order valence-electron chi connectivity index (χ1n) is 8.01. The van der Waals surface area contributed by atoms with E-state index in [4.69, 9.17) is 0 Å². The average Bonchev–Trinajstić information content (AvgIpc) is 3.34. The highest BCUT2D eigenvalue weighted by Gasteiger charge is 2.27. The number of sulfonamides is 1. The lowest BCUT2D eigenvalue weighted by molar-refractivity contribution is 0.0993. The maximum atomic E-state index is 12.7. The number of amides is 1. The van der Waals surface area contributed by atoms with Gasteiger partial charge >= 0.3 is 0 Å². The molecule has 4 rings (SSSR count). The zero-order chi connectivity index (χ0) is 18.3. The molecule has 5 nitrogen and oxygen atoms in total. The number of carbonyl (C=O) groups excluding carboxylic acids is 1. The zero-order valence-electron chi connectivity index (χ0n) is 13.9. The van der Waals surface area contributed by atoms with Crippen molar-refractivity contribution in [1.29, 1.82) is 0 Å². The van der Waals surface area contributed by atoms with Crippen LogP contribution in [0.4, 0.5) is 11.4 Å². The van der Waals surface area contributed by atoms with Crippen molar-refractivity contribution in [2.75, 3.05) is 16.2 Å². The number of aryl methyl sites for hydroxylation is 1. The van der Waals surface area contributed by atoms with Crippen molar-refractivity contribution < 1.29 is 13.2 Å². The summed E-state index contributed by atoms with van der Waals surface area (Å²) in [6.07, 6.45) is 0.767. The lowest BCUT2D eigenvalue weighted by atomic mass is 10.1. The molecule has 0 bridgehead atoms. The number of nitrogens with one attached hydrogen (secondary N) is 1. The number of nitrogens with zero attached hydrogens (tertiary/aromatic N) is 1. The van der Waals surface area contributed by atoms with Crippen molar-refractivity contribution in [3.05, 3.63) is 63.2 Å². The van der Waals surface area contributed by atoms with E-state index in [1.807, 2.05) is 24.4 Å². The number of thiophene rings is 2. The summed E-state index contributed by atoms with van der Waals surface area (Å²) in [5.74, 6) is -0.0485. The first-order valence-corrected chi connectivity index (χ1v) is 11.2. The van der Waals surface area contributed by atoms with Gasteiger partial charge in [0.1, 0.15) is 4.21 Å². The Balaban J connectivity index is 1.63. The molecule has 0 spiro atoms. The van der Waals surface area contributed by atoms with Crippen LogP contribution < -0.4 is 9.62 Å². The minimum Gasteiger partial charge on any atom is -0.307 e. The van der Waals surface area contributed by atoms with E-state index >= 15 is 0 Å². The van der Waals surface area contributed by atoms with E-state index in [-0.39, 0.29) is 10.1 Å². The fourth-order valence-corrected chi connectivity index (χ4v) is 5.95. The highest BCUT2D eigenvalue weighted by molar-refractivity contribution is 7.94. The van der Waals surface area contributed by atoms with Crippen molar-refractivity contribution in [1.82, 2.24) is 0 Å². The minimum atomic E-state index is -3.62. The van der Waals surface area contributed by atoms with Crippen LogP contribution in [0.2, 0.25) is 0 Å². The Morgan fingerprint density at radius 3 is 2.73 bits per heavy atom. The van der Waals surface area contributed by atoms with Crippen LogP contribution in [0.1, 0.15) is 20.1 Å². The van der Waals surface area contributed by atoms with Gasteiger partial charge in [0.25, 0.3) is 15.9 Å². The predicted octanol–water partition coefficient (Wildman–Crippen LogP) is 4.12. The number of benzene rings is 1. The molecule has 0 saturated carbocycles. The molecule has 0 atom stereocenters. The van der Waals surface area contributed by atoms with Crippen LogP contribution in [0.3, 0.4) is 0 Å². The van der Waals surface area contributed by atoms with Gasteiger partial charge in [0.2, 0.25) is 0 Å². The molecule has 0 radical (unpaired) electrons. The molecule has 26 heavy (non-hydrogen) atoms. The molecule has 0 fully saturated rings. The zero-order valence-corrected chi connectivity index (χ0v) is 16.4. The minimum absolute atomic E-state index is 0.0485. The Labute approximate surface area is 160 Å². The third-order valence-corrected chi connectivity index (χ3v) is 7.92. The van der Waals surface area contributed by atoms with Gasteiger partial charge in [-0.15, -0.1) is 22.7 Å². The summed E-state index contributed by atoms with van der Waals surface area (Å²) in [5, 5.41) is 1.87. The maximum absolute atomic E-state index is 12.7. The summed E-state index contributed by atoms with van der Waals surface area (Å²) < 4.78 is 28.0. The number of fused-ring (bicyclic) bond motifs is 1. The second-order valence-electron chi connectivity index (χ2n) is 6.00. The third-order valence-electron chi connectivity index (χ3n) is 4.19. The SMILES string of the molecule is Cc1ccc(S(=O)(=O)Nc2ccc3c(c2)N(C(=O)c2cccs2)CC3)s1. The first kappa shape index (κ1) is 17.3. The quantitative estimate of drug-likeness (QED) is 0.711. The molecule has 3 heterocycles. The van der Waals surface area contributed by atoms with Crippen LogP contribution in [-0.4, -0.2) is 20.9 Å². The van der Waals surface area contributed by atoms with Crippen molar-refractivity contribution in [3.8, 4) is 0 Å². The van der Waals surface area contributed by atoms with Gasteiger partial charge in [-0.3, -0.25) is 9.52 Å². The molecule has 1 aliphatic heterocycles. The fraction of sp³-hybridized carbons (Fsp3) is 0.167. The molecule has 2 aromatic heterocycles. The van der Waals surface area contributed by atoms with Gasteiger partial charge in [-0.25, -0.2) is 8.42 Å². The Kier molecular flexibility index (Phi) is 4.34. The molecule has 0 saturated heterocycles. The van der Waals surface area contributed by atoms with E-state index in [0.717, 1.165) is 22.5 Å². The molecule has 3 aromatic rings. The average molecular weight is 405 g/mol. The van der Waals surface area contributed by atoms with Crippen molar-refractivity contribution in [2.24, 2.45) is 0 Å². The Morgan fingerprint density at radius 2 is 2.04 bits per heavy atom. The van der Waals surface area contributed by atoms with Gasteiger partial charge in [-0.05, 0) is 54.6 Å². The van der Waals surface area contributed by atoms with Gasteiger partial charge in [0.05, 0.1) is 10.6 Å². The van der Waals surface area contributed by atoms with E-state index in [1.54, 1.807) is 35.2 Å². The monoisotopic (exact) mass is 404 g/mol. The molecule has 1 amide bonds. The highest BCUT2D eigenvalue weighted by atomic mass is 32.2. The van der Waals surface area contributed by atoms with Crippen molar-refractivity contribution >= 4 is 50.0 Å². The van der Waals surface area contributed by atoms with Gasteiger partial charge < -0.3 is 4.90 Å². The maximum Gasteiger partial charge on any atom is 0.271 e. The second-order valence-corrected chi connectivity index (χ2v) is 10.1. The number of rotatable bonds is 4. The van der Waals surface area contributed by atoms with Crippen LogP contribution in [0.15, 0.2) is 52.1 Å². The smallest absolute Gasteiger partial charge is 0.271 e. The van der Waals surface area contributed by atoms with Crippen molar-refractivity contribution in [3.63, 3.8) is 0 Å². The lowest BCUT2D eigenvalue weighted by Crippen LogP contribution is -2.28. The van der Waals surface area contributed by atoms with E-state index in [0.29, 0.717) is 17.1 Å². The highest BCUT2D eigenvalue weighted by Crippen LogP contribution is 2.33. The second kappa shape index (κ2) is 6.53. The van der Waals surface area contributed by atoms with Gasteiger partial charge in [-0.2, -0.15) is 0 Å². The standard InChI is InChI=1S/C18H16N2O3S3/c1-12-4-7-17(25-12)26(22,23)19-14-6-5-13-8-9-20(15(13)11-14)18(21)16-3-2-10-24-16/h2-7,10-11,19H,8-9H2,1H3. The van der Waals surface area contributed by atoms with Crippen LogP contribution >= 0.6 is 22.7 Å². The summed E-state index contributed by atoms with van der Waals surface area (Å²) in [6.45, 7) is 2.47. The molecule has 0 aliphatic carbocycles. The molecule has 1 aromatic carbocycles. The summed E-state index contributed by atoms with van der Waals surface area (Å²) >= 11 is 2.63. The number of hydrogen-bond acceptors (Lipinski definition) is 5. The molecule has 8 heteroatoms. The van der Waals surface area contributed by atoms with Gasteiger partial charge in [-0.1, -0.05) is 12.1 Å². The van der Waals surface area contributed by atoms with E-state index in [1.165, 1.54) is 22.7 Å². The van der Waals surface area contributed by atoms with Crippen LogP contribution in [0.5, 0.6) is 0 Å². The molecular weight excluding hydrogens is 388 g/mol. The number of carbonyl (C=O) groups is 1. The van der Waals surface area contributed by atoms with Crippen LogP contribution in [-0.2, 0) is 16.4 Å². The summed E-state index contributed by atoms with van der Waals surface area (Å²) in [7, 11) is -3.62. The number of anilines is 2. The van der Waals surface area contributed by atoms with Crippen molar-refractivity contribution in [2.45, 2.75) is 17.6 Å². The summed E-state index contributed by atoms with van der Waals surface area (Å²) in [5.41, 5.74) is 2.27. The molecule has 1 aliphatic rings. The van der Waals surface area contributed by atoms with Gasteiger partial charge in [0, 0.05) is 17.1 Å².